The Morgan fingerprint density at radius 3 is 2.58 bits per heavy atom. The van der Waals surface area contributed by atoms with Crippen molar-refractivity contribution in [3.63, 3.8) is 0 Å². The minimum Gasteiger partial charge on any atom is -0.467 e. The lowest BCUT2D eigenvalue weighted by Gasteiger charge is -2.18. The smallest absolute Gasteiger partial charge is 0.328 e. The zero-order valence-electron chi connectivity index (χ0n) is 11.3. The lowest BCUT2D eigenvalue weighted by atomic mass is 10.1. The molecule has 1 aromatic rings. The van der Waals surface area contributed by atoms with Crippen LogP contribution in [-0.2, 0) is 20.7 Å². The van der Waals surface area contributed by atoms with Crippen molar-refractivity contribution in [3.05, 3.63) is 34.3 Å². The highest BCUT2D eigenvalue weighted by Gasteiger charge is 2.23. The average Bonchev–Trinajstić information content (AvgIpc) is 2.36. The van der Waals surface area contributed by atoms with E-state index in [0.29, 0.717) is 6.42 Å². The summed E-state index contributed by atoms with van der Waals surface area (Å²) >= 11 is 3.38. The number of methoxy groups -OCH3 is 1. The van der Waals surface area contributed by atoms with Gasteiger partial charge in [-0.05, 0) is 17.7 Å². The molecule has 0 spiro atoms. The Kier molecular flexibility index (Phi) is 6.02. The van der Waals surface area contributed by atoms with Crippen LogP contribution in [0.1, 0.15) is 19.4 Å². The fraction of sp³-hybridized carbons (Fsp3) is 0.429. The first kappa shape index (κ1) is 15.7. The second-order valence-corrected chi connectivity index (χ2v) is 5.49. The molecule has 1 N–H and O–H groups in total. The number of hydrogen-bond donors (Lipinski definition) is 1. The first-order chi connectivity index (χ1) is 8.93. The Balaban J connectivity index is 2.80. The Hall–Kier alpha value is -1.36. The summed E-state index contributed by atoms with van der Waals surface area (Å²) in [6, 6.07) is 6.95. The number of amides is 1. The van der Waals surface area contributed by atoms with Crippen molar-refractivity contribution in [2.24, 2.45) is 5.92 Å². The van der Waals surface area contributed by atoms with E-state index in [9.17, 15) is 9.59 Å². The van der Waals surface area contributed by atoms with Crippen LogP contribution in [-0.4, -0.2) is 25.0 Å². The van der Waals surface area contributed by atoms with Crippen LogP contribution in [0.4, 0.5) is 0 Å². The van der Waals surface area contributed by atoms with Crippen LogP contribution < -0.4 is 5.32 Å². The third-order valence-corrected chi connectivity index (χ3v) is 3.15. The van der Waals surface area contributed by atoms with Crippen LogP contribution in [0.5, 0.6) is 0 Å². The number of carbonyl (C=O) groups is 2. The summed E-state index contributed by atoms with van der Waals surface area (Å²) in [5.41, 5.74) is 0.953. The van der Waals surface area contributed by atoms with Gasteiger partial charge in [-0.2, -0.15) is 0 Å². The molecule has 0 fully saturated rings. The van der Waals surface area contributed by atoms with Crippen LogP contribution in [0.15, 0.2) is 28.7 Å². The van der Waals surface area contributed by atoms with E-state index in [-0.39, 0.29) is 11.8 Å². The zero-order chi connectivity index (χ0) is 14.4. The molecule has 19 heavy (non-hydrogen) atoms. The van der Waals surface area contributed by atoms with Crippen LogP contribution in [0.2, 0.25) is 0 Å². The summed E-state index contributed by atoms with van der Waals surface area (Å²) in [6.45, 7) is 3.56. The highest BCUT2D eigenvalue weighted by molar-refractivity contribution is 9.10. The molecule has 104 valence electrons. The topological polar surface area (TPSA) is 55.4 Å². The van der Waals surface area contributed by atoms with Gasteiger partial charge in [0.15, 0.2) is 0 Å². The fourth-order valence-electron chi connectivity index (χ4n) is 1.57. The van der Waals surface area contributed by atoms with Gasteiger partial charge in [-0.25, -0.2) is 4.79 Å². The molecule has 0 aromatic heterocycles. The maximum atomic E-state index is 11.7. The zero-order valence-corrected chi connectivity index (χ0v) is 12.9. The molecule has 0 radical (unpaired) electrons. The molecule has 1 atom stereocenters. The average molecular weight is 328 g/mol. The number of carbonyl (C=O) groups excluding carboxylic acids is 2. The van der Waals surface area contributed by atoms with Crippen molar-refractivity contribution in [2.45, 2.75) is 26.3 Å². The van der Waals surface area contributed by atoms with Gasteiger partial charge in [0.05, 0.1) is 7.11 Å². The highest BCUT2D eigenvalue weighted by Crippen LogP contribution is 2.13. The van der Waals surface area contributed by atoms with Crippen LogP contribution in [0.25, 0.3) is 0 Å². The van der Waals surface area contributed by atoms with Crippen LogP contribution in [0.3, 0.4) is 0 Å². The third-order valence-electron chi connectivity index (χ3n) is 2.66. The summed E-state index contributed by atoms with van der Waals surface area (Å²) in [5, 5.41) is 2.71. The highest BCUT2D eigenvalue weighted by atomic mass is 79.9. The van der Waals surface area contributed by atoms with Gasteiger partial charge in [-0.15, -0.1) is 0 Å². The molecule has 1 amide bonds. The van der Waals surface area contributed by atoms with Crippen molar-refractivity contribution in [2.75, 3.05) is 7.11 Å². The number of halogens is 1. The van der Waals surface area contributed by atoms with E-state index in [1.165, 1.54) is 7.11 Å². The molecule has 1 aromatic carbocycles. The fourth-order valence-corrected chi connectivity index (χ4v) is 2.02. The molecule has 0 aliphatic heterocycles. The number of ether oxygens (including phenoxy) is 1. The van der Waals surface area contributed by atoms with Gasteiger partial charge in [-0.1, -0.05) is 41.9 Å². The van der Waals surface area contributed by atoms with E-state index in [1.807, 2.05) is 24.3 Å². The number of benzene rings is 1. The first-order valence-corrected chi connectivity index (χ1v) is 6.86. The molecule has 0 unspecified atom stereocenters. The summed E-state index contributed by atoms with van der Waals surface area (Å²) in [4.78, 5) is 23.4. The largest absolute Gasteiger partial charge is 0.467 e. The predicted molar refractivity (Wildman–Crippen MR) is 76.6 cm³/mol. The van der Waals surface area contributed by atoms with Crippen molar-refractivity contribution >= 4 is 27.8 Å². The van der Waals surface area contributed by atoms with Crippen molar-refractivity contribution in [1.82, 2.24) is 5.32 Å². The summed E-state index contributed by atoms with van der Waals surface area (Å²) < 4.78 is 5.66. The molecule has 4 nitrogen and oxygen atoms in total. The Bertz CT molecular complexity index is 460. The molecule has 0 saturated carbocycles. The Morgan fingerprint density at radius 1 is 1.37 bits per heavy atom. The first-order valence-electron chi connectivity index (χ1n) is 6.06. The van der Waals surface area contributed by atoms with E-state index < -0.39 is 12.0 Å². The van der Waals surface area contributed by atoms with Gasteiger partial charge >= 0.3 is 5.97 Å². The third kappa shape index (κ3) is 5.03. The second-order valence-electron chi connectivity index (χ2n) is 4.57. The Morgan fingerprint density at radius 2 is 2.05 bits per heavy atom. The SMILES string of the molecule is COC(=O)[C@@H](Cc1cccc(Br)c1)NC(=O)C(C)C. The number of rotatable bonds is 5. The minimum atomic E-state index is -0.658. The summed E-state index contributed by atoms with van der Waals surface area (Å²) in [7, 11) is 1.32. The van der Waals surface area contributed by atoms with Gasteiger partial charge in [0, 0.05) is 16.8 Å². The summed E-state index contributed by atoms with van der Waals surface area (Å²) in [5.74, 6) is -0.769. The van der Waals surface area contributed by atoms with Gasteiger partial charge in [0.1, 0.15) is 6.04 Å². The quantitative estimate of drug-likeness (QED) is 0.844. The van der Waals surface area contributed by atoms with Crippen LogP contribution in [0, 0.1) is 5.92 Å². The maximum absolute atomic E-state index is 11.7. The standard InChI is InChI=1S/C14H18BrNO3/c1-9(2)13(17)16-12(14(18)19-3)8-10-5-4-6-11(15)7-10/h4-7,9,12H,8H2,1-3H3,(H,16,17)/t12-/m1/s1. The molecule has 1 rings (SSSR count). The maximum Gasteiger partial charge on any atom is 0.328 e. The van der Waals surface area contributed by atoms with Crippen LogP contribution >= 0.6 is 15.9 Å². The molecule has 0 aliphatic rings. The normalized spacial score (nSPS) is 12.1. The summed E-state index contributed by atoms with van der Waals surface area (Å²) in [6.07, 6.45) is 0.407. The van der Waals surface area contributed by atoms with E-state index in [1.54, 1.807) is 13.8 Å². The molecule has 0 bridgehead atoms. The predicted octanol–water partition coefficient (Wildman–Crippen LogP) is 2.31. The van der Waals surface area contributed by atoms with E-state index >= 15 is 0 Å². The molecule has 0 aliphatic carbocycles. The van der Waals surface area contributed by atoms with Gasteiger partial charge in [0.25, 0.3) is 0 Å². The van der Waals surface area contributed by atoms with Gasteiger partial charge in [0.2, 0.25) is 5.91 Å². The second kappa shape index (κ2) is 7.28. The van der Waals surface area contributed by atoms with E-state index in [4.69, 9.17) is 4.74 Å². The minimum absolute atomic E-state index is 0.162. The van der Waals surface area contributed by atoms with Crippen molar-refractivity contribution in [1.29, 1.82) is 0 Å². The monoisotopic (exact) mass is 327 g/mol. The van der Waals surface area contributed by atoms with Gasteiger partial charge in [-0.3, -0.25) is 4.79 Å². The lowest BCUT2D eigenvalue weighted by molar-refractivity contribution is -0.145. The molecule has 5 heteroatoms. The molecular formula is C14H18BrNO3. The van der Waals surface area contributed by atoms with Crippen molar-refractivity contribution < 1.29 is 14.3 Å². The van der Waals surface area contributed by atoms with Crippen molar-refractivity contribution in [3.8, 4) is 0 Å². The Labute approximate surface area is 121 Å². The lowest BCUT2D eigenvalue weighted by Crippen LogP contribution is -2.44. The number of esters is 1. The number of nitrogens with one attached hydrogen (secondary N) is 1. The van der Waals surface area contributed by atoms with Gasteiger partial charge < -0.3 is 10.1 Å². The van der Waals surface area contributed by atoms with E-state index in [0.717, 1.165) is 10.0 Å². The molecule has 0 heterocycles. The molecule has 0 saturated heterocycles. The molecular weight excluding hydrogens is 310 g/mol. The van der Waals surface area contributed by atoms with E-state index in [2.05, 4.69) is 21.2 Å². The number of hydrogen-bond acceptors (Lipinski definition) is 3.